The van der Waals surface area contributed by atoms with Crippen LogP contribution in [0.15, 0.2) is 70.7 Å². The van der Waals surface area contributed by atoms with Gasteiger partial charge in [-0.1, -0.05) is 53.5 Å². The molecule has 0 atom stereocenters. The number of carbonyl (C=O) groups excluding carboxylic acids is 2. The summed E-state index contributed by atoms with van der Waals surface area (Å²) in [4.78, 5) is 26.5. The third-order valence-corrected chi connectivity index (χ3v) is 7.79. The van der Waals surface area contributed by atoms with Gasteiger partial charge in [-0.15, -0.1) is 11.3 Å². The lowest BCUT2D eigenvalue weighted by Gasteiger charge is -2.18. The van der Waals surface area contributed by atoms with Crippen LogP contribution >= 0.6 is 27.3 Å². The summed E-state index contributed by atoms with van der Waals surface area (Å²) < 4.78 is 3.34. The van der Waals surface area contributed by atoms with E-state index in [9.17, 15) is 9.59 Å². The van der Waals surface area contributed by atoms with Gasteiger partial charge in [-0.2, -0.15) is 0 Å². The molecule has 1 aliphatic rings. The SMILES string of the molecule is CCCC1=CC(=O)c2ccc3ccc4sc5ccc6ccc(Br)cc6c5c4c3c2C1=O. The highest BCUT2D eigenvalue weighted by Crippen LogP contribution is 2.44. The molecule has 0 saturated heterocycles. The number of Topliss-reactive ketones (excluding diaryl/α,β-unsaturated/α-hetero) is 1. The first-order valence-corrected chi connectivity index (χ1v) is 12.0. The summed E-state index contributed by atoms with van der Waals surface area (Å²) in [5.41, 5.74) is 1.72. The van der Waals surface area contributed by atoms with Gasteiger partial charge in [-0.3, -0.25) is 9.59 Å². The summed E-state index contributed by atoms with van der Waals surface area (Å²) in [5.74, 6) is -0.0700. The average molecular weight is 485 g/mol. The molecule has 150 valence electrons. The summed E-state index contributed by atoms with van der Waals surface area (Å²) in [6.45, 7) is 2.03. The second kappa shape index (κ2) is 6.84. The molecule has 4 heteroatoms. The van der Waals surface area contributed by atoms with Crippen molar-refractivity contribution in [2.24, 2.45) is 0 Å². The fraction of sp³-hybridized carbons (Fsp3) is 0.111. The molecule has 0 radical (unpaired) electrons. The van der Waals surface area contributed by atoms with Crippen molar-refractivity contribution >= 4 is 80.6 Å². The Kier molecular flexibility index (Phi) is 4.17. The van der Waals surface area contributed by atoms with Crippen LogP contribution in [0.3, 0.4) is 0 Å². The molecule has 1 aliphatic carbocycles. The zero-order valence-electron chi connectivity index (χ0n) is 16.8. The molecular weight excluding hydrogens is 468 g/mol. The summed E-state index contributed by atoms with van der Waals surface area (Å²) >= 11 is 5.35. The van der Waals surface area contributed by atoms with E-state index in [1.54, 1.807) is 17.4 Å². The molecule has 5 aromatic rings. The fourth-order valence-corrected chi connectivity index (χ4v) is 6.31. The van der Waals surface area contributed by atoms with Crippen molar-refractivity contribution in [2.45, 2.75) is 19.8 Å². The van der Waals surface area contributed by atoms with Gasteiger partial charge >= 0.3 is 0 Å². The zero-order chi connectivity index (χ0) is 21.3. The van der Waals surface area contributed by atoms with Gasteiger partial charge in [0.25, 0.3) is 0 Å². The molecule has 0 aliphatic heterocycles. The number of thiophene rings is 1. The lowest BCUT2D eigenvalue weighted by atomic mass is 9.83. The topological polar surface area (TPSA) is 34.1 Å². The van der Waals surface area contributed by atoms with Crippen LogP contribution in [-0.4, -0.2) is 11.6 Å². The Morgan fingerprint density at radius 2 is 1.55 bits per heavy atom. The smallest absolute Gasteiger partial charge is 0.190 e. The molecule has 0 amide bonds. The Morgan fingerprint density at radius 1 is 0.839 bits per heavy atom. The lowest BCUT2D eigenvalue weighted by molar-refractivity contribution is 0.0983. The minimum atomic E-state index is -0.0657. The third-order valence-electron chi connectivity index (χ3n) is 6.17. The first kappa shape index (κ1) is 18.9. The van der Waals surface area contributed by atoms with Crippen LogP contribution in [0.5, 0.6) is 0 Å². The molecule has 31 heavy (non-hydrogen) atoms. The van der Waals surface area contributed by atoms with Crippen molar-refractivity contribution in [3.05, 3.63) is 81.8 Å². The van der Waals surface area contributed by atoms with Gasteiger partial charge in [-0.05, 0) is 59.0 Å². The zero-order valence-corrected chi connectivity index (χ0v) is 19.2. The van der Waals surface area contributed by atoms with Crippen molar-refractivity contribution < 1.29 is 9.59 Å². The van der Waals surface area contributed by atoms with Gasteiger partial charge in [0.1, 0.15) is 0 Å². The number of hydrogen-bond donors (Lipinski definition) is 0. The number of benzene rings is 4. The number of allylic oxidation sites excluding steroid dienone is 2. The van der Waals surface area contributed by atoms with Crippen molar-refractivity contribution in [3.8, 4) is 0 Å². The molecule has 2 nitrogen and oxygen atoms in total. The van der Waals surface area contributed by atoms with Gasteiger partial charge in [0.2, 0.25) is 0 Å². The van der Waals surface area contributed by atoms with Crippen molar-refractivity contribution in [1.82, 2.24) is 0 Å². The first-order valence-electron chi connectivity index (χ1n) is 10.4. The van der Waals surface area contributed by atoms with Crippen LogP contribution in [0.1, 0.15) is 40.5 Å². The monoisotopic (exact) mass is 484 g/mol. The number of carbonyl (C=O) groups is 2. The van der Waals surface area contributed by atoms with Crippen LogP contribution < -0.4 is 0 Å². The van der Waals surface area contributed by atoms with Crippen molar-refractivity contribution in [3.63, 3.8) is 0 Å². The highest BCUT2D eigenvalue weighted by atomic mass is 79.9. The first-order chi connectivity index (χ1) is 15.1. The molecule has 0 N–H and O–H groups in total. The van der Waals surface area contributed by atoms with Gasteiger partial charge in [-0.25, -0.2) is 0 Å². The van der Waals surface area contributed by atoms with Gasteiger partial charge < -0.3 is 0 Å². The van der Waals surface area contributed by atoms with Crippen LogP contribution in [0, 0.1) is 0 Å². The number of fused-ring (bicyclic) bond motifs is 9. The Labute approximate surface area is 191 Å². The Balaban J connectivity index is 1.85. The maximum absolute atomic E-state index is 13.6. The Hall–Kier alpha value is -2.82. The largest absolute Gasteiger partial charge is 0.289 e. The van der Waals surface area contributed by atoms with Crippen LogP contribution in [-0.2, 0) is 0 Å². The predicted octanol–water partition coefficient (Wildman–Crippen LogP) is 8.23. The fourth-order valence-electron chi connectivity index (χ4n) is 4.82. The van der Waals surface area contributed by atoms with Crippen molar-refractivity contribution in [1.29, 1.82) is 0 Å². The van der Waals surface area contributed by atoms with E-state index in [2.05, 4.69) is 52.3 Å². The van der Waals surface area contributed by atoms with E-state index in [0.29, 0.717) is 23.1 Å². The molecule has 0 spiro atoms. The van der Waals surface area contributed by atoms with Crippen molar-refractivity contribution in [2.75, 3.05) is 0 Å². The molecule has 6 rings (SSSR count). The molecule has 4 aromatic carbocycles. The standard InChI is InChI=1S/C27H17BrO2S/c1-2-3-16-12-20(29)18-9-5-15-7-11-22-26(23(15)25(18)27(16)30)24-19-13-17(28)8-4-14(19)6-10-21(24)31-22/h4-13H,2-3H2,1H3. The second-order valence-corrected chi connectivity index (χ2v) is 10.0. The normalized spacial score (nSPS) is 14.1. The van der Waals surface area contributed by atoms with E-state index in [0.717, 1.165) is 47.9 Å². The quantitative estimate of drug-likeness (QED) is 0.252. The highest BCUT2D eigenvalue weighted by Gasteiger charge is 2.28. The van der Waals surface area contributed by atoms with E-state index in [-0.39, 0.29) is 11.6 Å². The molecule has 0 fully saturated rings. The maximum atomic E-state index is 13.6. The summed E-state index contributed by atoms with van der Waals surface area (Å²) in [6.07, 6.45) is 3.00. The number of rotatable bonds is 2. The molecule has 0 bridgehead atoms. The lowest BCUT2D eigenvalue weighted by Crippen LogP contribution is -2.17. The molecule has 1 heterocycles. The van der Waals surface area contributed by atoms with Crippen LogP contribution in [0.25, 0.3) is 41.7 Å². The Bertz CT molecular complexity index is 1640. The Morgan fingerprint density at radius 3 is 2.35 bits per heavy atom. The average Bonchev–Trinajstić information content (AvgIpc) is 3.16. The van der Waals surface area contributed by atoms with Gasteiger partial charge in [0, 0.05) is 46.7 Å². The maximum Gasteiger partial charge on any atom is 0.190 e. The van der Waals surface area contributed by atoms with Gasteiger partial charge in [0.15, 0.2) is 11.6 Å². The summed E-state index contributed by atoms with van der Waals surface area (Å²) in [7, 11) is 0. The van der Waals surface area contributed by atoms with E-state index < -0.39 is 0 Å². The minimum absolute atomic E-state index is 0.00434. The number of halogens is 1. The van der Waals surface area contributed by atoms with Crippen LogP contribution in [0.4, 0.5) is 0 Å². The van der Waals surface area contributed by atoms with E-state index in [1.165, 1.54) is 4.70 Å². The van der Waals surface area contributed by atoms with Crippen LogP contribution in [0.2, 0.25) is 0 Å². The molecule has 0 unspecified atom stereocenters. The highest BCUT2D eigenvalue weighted by molar-refractivity contribution is 9.10. The predicted molar refractivity (Wildman–Crippen MR) is 134 cm³/mol. The second-order valence-electron chi connectivity index (χ2n) is 8.04. The van der Waals surface area contributed by atoms with E-state index in [1.807, 2.05) is 25.1 Å². The third kappa shape index (κ3) is 2.68. The van der Waals surface area contributed by atoms with E-state index in [4.69, 9.17) is 0 Å². The van der Waals surface area contributed by atoms with E-state index >= 15 is 0 Å². The van der Waals surface area contributed by atoms with Gasteiger partial charge in [0.05, 0.1) is 0 Å². The summed E-state index contributed by atoms with van der Waals surface area (Å²) in [5, 5.41) is 6.46. The summed E-state index contributed by atoms with van der Waals surface area (Å²) in [6, 6.07) is 18.6. The number of ketones is 2. The minimum Gasteiger partial charge on any atom is -0.289 e. The number of hydrogen-bond acceptors (Lipinski definition) is 3. The molecular formula is C27H17BrO2S. The molecule has 1 aromatic heterocycles. The molecule has 0 saturated carbocycles.